The Morgan fingerprint density at radius 1 is 1.15 bits per heavy atom. The molecule has 3 N–H and O–H groups in total. The van der Waals surface area contributed by atoms with Gasteiger partial charge in [0.15, 0.2) is 0 Å². The Hall–Kier alpha value is -2.15. The third-order valence-electron chi connectivity index (χ3n) is 3.94. The first-order chi connectivity index (χ1) is 11.9. The number of hydrazone groups is 1. The van der Waals surface area contributed by atoms with Crippen molar-refractivity contribution in [2.75, 3.05) is 5.43 Å². The van der Waals surface area contributed by atoms with Gasteiger partial charge < -0.3 is 5.11 Å². The summed E-state index contributed by atoms with van der Waals surface area (Å²) in [4.78, 5) is 11.5. The second kappa shape index (κ2) is 7.23. The summed E-state index contributed by atoms with van der Waals surface area (Å²) in [5, 5.41) is 21.0. The molecule has 7 heteroatoms. The lowest BCUT2D eigenvalue weighted by molar-refractivity contribution is 0.423. The van der Waals surface area contributed by atoms with E-state index in [9.17, 15) is 9.90 Å². The summed E-state index contributed by atoms with van der Waals surface area (Å²) in [5.41, 5.74) is 5.12. The molecule has 26 heavy (non-hydrogen) atoms. The minimum absolute atomic E-state index is 0.207. The van der Waals surface area contributed by atoms with E-state index in [2.05, 4.69) is 78.2 Å². The molecule has 0 bridgehead atoms. The number of nitrogens with one attached hydrogen (secondary N) is 2. The second-order valence-corrected chi connectivity index (χ2v) is 9.05. The molecule has 6 nitrogen and oxygen atoms in total. The maximum Gasteiger partial charge on any atom is 0.280 e. The number of aromatic nitrogens is 2. The van der Waals surface area contributed by atoms with Crippen LogP contribution in [0.15, 0.2) is 32.7 Å². The zero-order chi connectivity index (χ0) is 19.7. The van der Waals surface area contributed by atoms with Crippen LogP contribution in [0.25, 0.3) is 0 Å². The van der Waals surface area contributed by atoms with Gasteiger partial charge in [-0.25, -0.2) is 5.10 Å². The zero-order valence-electron chi connectivity index (χ0n) is 15.9. The van der Waals surface area contributed by atoms with Gasteiger partial charge in [-0.2, -0.15) is 10.2 Å². The summed E-state index contributed by atoms with van der Waals surface area (Å²) in [6.07, 6.45) is 3.14. The molecule has 0 aliphatic rings. The maximum atomic E-state index is 11.5. The fraction of sp³-hybridized carbons (Fsp3) is 0.421. The molecule has 1 aromatic heterocycles. The molecule has 1 heterocycles. The monoisotopic (exact) mass is 420 g/mol. The standard InChI is InChI=1S/C19H25BrN4O2/c1-18(2,3)12-7-11(8-13(16(12)25)19(4,5)6)9-21-23-14-10-22-24-17(26)15(14)20/h7-10,25H,1-6H3,(H2,23,24,26). The molecule has 140 valence electrons. The van der Waals surface area contributed by atoms with Gasteiger partial charge in [-0.3, -0.25) is 10.2 Å². The summed E-state index contributed by atoms with van der Waals surface area (Å²) in [6.45, 7) is 12.4. The Labute approximate surface area is 161 Å². The van der Waals surface area contributed by atoms with Crippen LogP contribution in [0.4, 0.5) is 5.69 Å². The third kappa shape index (κ3) is 4.52. The van der Waals surface area contributed by atoms with Crippen LogP contribution in [-0.2, 0) is 10.8 Å². The summed E-state index contributed by atoms with van der Waals surface area (Å²) < 4.78 is 0.334. The van der Waals surface area contributed by atoms with E-state index in [4.69, 9.17) is 0 Å². The van der Waals surface area contributed by atoms with E-state index >= 15 is 0 Å². The number of aromatic hydroxyl groups is 1. The number of aromatic amines is 1. The number of phenols is 1. The van der Waals surface area contributed by atoms with Gasteiger partial charge >= 0.3 is 0 Å². The van der Waals surface area contributed by atoms with Crippen molar-refractivity contribution in [1.82, 2.24) is 10.2 Å². The normalized spacial score (nSPS) is 12.6. The molecule has 0 spiro atoms. The molecule has 2 rings (SSSR count). The van der Waals surface area contributed by atoms with Crippen molar-refractivity contribution in [1.29, 1.82) is 0 Å². The number of rotatable bonds is 3. The van der Waals surface area contributed by atoms with Crippen molar-refractivity contribution >= 4 is 27.8 Å². The number of hydrogen-bond donors (Lipinski definition) is 3. The van der Waals surface area contributed by atoms with Gasteiger partial charge in [0.05, 0.1) is 18.1 Å². The van der Waals surface area contributed by atoms with Gasteiger partial charge in [0.25, 0.3) is 5.56 Å². The number of nitrogens with zero attached hydrogens (tertiary/aromatic N) is 2. The molecule has 0 aliphatic heterocycles. The van der Waals surface area contributed by atoms with E-state index in [1.54, 1.807) is 6.21 Å². The van der Waals surface area contributed by atoms with Crippen molar-refractivity contribution in [3.05, 3.63) is 49.8 Å². The average Bonchev–Trinajstić information content (AvgIpc) is 2.50. The minimum Gasteiger partial charge on any atom is -0.507 e. The molecule has 0 atom stereocenters. The van der Waals surface area contributed by atoms with Crippen LogP contribution in [-0.4, -0.2) is 21.5 Å². The van der Waals surface area contributed by atoms with Crippen LogP contribution in [0.5, 0.6) is 5.75 Å². The summed E-state index contributed by atoms with van der Waals surface area (Å²) in [5.74, 6) is 0.330. The predicted molar refractivity (Wildman–Crippen MR) is 109 cm³/mol. The topological polar surface area (TPSA) is 90.4 Å². The highest BCUT2D eigenvalue weighted by Gasteiger charge is 2.26. The van der Waals surface area contributed by atoms with E-state index in [1.165, 1.54) is 6.20 Å². The molecule has 0 amide bonds. The Bertz CT molecular complexity index is 855. The quantitative estimate of drug-likeness (QED) is 0.510. The highest BCUT2D eigenvalue weighted by Crippen LogP contribution is 2.39. The minimum atomic E-state index is -0.333. The molecule has 0 radical (unpaired) electrons. The Morgan fingerprint density at radius 2 is 1.69 bits per heavy atom. The predicted octanol–water partition coefficient (Wildman–Crippen LogP) is 4.28. The fourth-order valence-electron chi connectivity index (χ4n) is 2.51. The fourth-order valence-corrected chi connectivity index (χ4v) is 2.79. The van der Waals surface area contributed by atoms with Crippen LogP contribution in [0.3, 0.4) is 0 Å². The van der Waals surface area contributed by atoms with Crippen molar-refractivity contribution < 1.29 is 5.11 Å². The first-order valence-corrected chi connectivity index (χ1v) is 9.11. The number of benzene rings is 1. The van der Waals surface area contributed by atoms with Crippen LogP contribution in [0.1, 0.15) is 58.2 Å². The number of halogens is 1. The number of anilines is 1. The molecule has 2 aromatic rings. The van der Waals surface area contributed by atoms with E-state index in [0.717, 1.165) is 16.7 Å². The number of H-pyrrole nitrogens is 1. The van der Waals surface area contributed by atoms with Crippen molar-refractivity contribution in [3.63, 3.8) is 0 Å². The molecule has 0 saturated heterocycles. The van der Waals surface area contributed by atoms with Crippen LogP contribution in [0.2, 0.25) is 0 Å². The van der Waals surface area contributed by atoms with Crippen LogP contribution in [0, 0.1) is 0 Å². The largest absolute Gasteiger partial charge is 0.507 e. The smallest absolute Gasteiger partial charge is 0.280 e. The second-order valence-electron chi connectivity index (χ2n) is 8.26. The van der Waals surface area contributed by atoms with Crippen LogP contribution < -0.4 is 11.0 Å². The van der Waals surface area contributed by atoms with E-state index in [1.807, 2.05) is 12.1 Å². The van der Waals surface area contributed by atoms with E-state index in [0.29, 0.717) is 15.9 Å². The van der Waals surface area contributed by atoms with Crippen molar-refractivity contribution in [2.45, 2.75) is 52.4 Å². The summed E-state index contributed by atoms with van der Waals surface area (Å²) in [6, 6.07) is 3.86. The molecule has 0 aliphatic carbocycles. The van der Waals surface area contributed by atoms with Gasteiger partial charge in [0, 0.05) is 11.1 Å². The van der Waals surface area contributed by atoms with E-state index in [-0.39, 0.29) is 16.4 Å². The van der Waals surface area contributed by atoms with Crippen LogP contribution >= 0.6 is 15.9 Å². The first-order valence-electron chi connectivity index (χ1n) is 8.31. The number of hydrogen-bond acceptors (Lipinski definition) is 5. The third-order valence-corrected chi connectivity index (χ3v) is 4.73. The molecule has 0 fully saturated rings. The summed E-state index contributed by atoms with van der Waals surface area (Å²) in [7, 11) is 0. The van der Waals surface area contributed by atoms with Gasteiger partial charge in [0.1, 0.15) is 10.2 Å². The zero-order valence-corrected chi connectivity index (χ0v) is 17.5. The first kappa shape index (κ1) is 20.2. The molecule has 0 saturated carbocycles. The highest BCUT2D eigenvalue weighted by atomic mass is 79.9. The van der Waals surface area contributed by atoms with Gasteiger partial charge in [-0.05, 0) is 44.5 Å². The lowest BCUT2D eigenvalue weighted by Gasteiger charge is -2.27. The molecule has 0 unspecified atom stereocenters. The number of phenolic OH excluding ortho intramolecular Hbond substituents is 1. The van der Waals surface area contributed by atoms with Crippen molar-refractivity contribution in [3.8, 4) is 5.75 Å². The average molecular weight is 421 g/mol. The molecule has 1 aromatic carbocycles. The molecular weight excluding hydrogens is 396 g/mol. The lowest BCUT2D eigenvalue weighted by atomic mass is 9.78. The van der Waals surface area contributed by atoms with Gasteiger partial charge in [0.2, 0.25) is 0 Å². The lowest BCUT2D eigenvalue weighted by Crippen LogP contribution is -2.18. The highest BCUT2D eigenvalue weighted by molar-refractivity contribution is 9.10. The Morgan fingerprint density at radius 3 is 2.19 bits per heavy atom. The maximum absolute atomic E-state index is 11.5. The molecular formula is C19H25BrN4O2. The van der Waals surface area contributed by atoms with E-state index < -0.39 is 0 Å². The van der Waals surface area contributed by atoms with Gasteiger partial charge in [-0.1, -0.05) is 41.5 Å². The van der Waals surface area contributed by atoms with Gasteiger partial charge in [-0.15, -0.1) is 0 Å². The summed E-state index contributed by atoms with van der Waals surface area (Å²) >= 11 is 3.20. The Kier molecular flexibility index (Phi) is 5.61. The SMILES string of the molecule is CC(C)(C)c1cc(C=NNc2cn[nH]c(=O)c2Br)cc(C(C)(C)C)c1O. The Balaban J connectivity index is 2.43. The van der Waals surface area contributed by atoms with Crippen molar-refractivity contribution in [2.24, 2.45) is 5.10 Å².